The molecule has 24 heavy (non-hydrogen) atoms. The van der Waals surface area contributed by atoms with Crippen molar-refractivity contribution in [1.82, 2.24) is 16.0 Å². The smallest absolute Gasteiger partial charge is 0.326 e. The first-order chi connectivity index (χ1) is 11.2. The Kier molecular flexibility index (Phi) is 10.8. The molecule has 0 fully saturated rings. The van der Waals surface area contributed by atoms with Gasteiger partial charge in [-0.15, -0.1) is 0 Å². The molecule has 0 heterocycles. The molecule has 0 saturated carbocycles. The van der Waals surface area contributed by atoms with Crippen LogP contribution in [0.15, 0.2) is 0 Å². The second-order valence-corrected chi connectivity index (χ2v) is 6.44. The second-order valence-electron chi connectivity index (χ2n) is 5.45. The van der Waals surface area contributed by atoms with Gasteiger partial charge in [-0.25, -0.2) is 4.79 Å². The Morgan fingerprint density at radius 2 is 1.75 bits per heavy atom. The van der Waals surface area contributed by atoms with E-state index in [0.717, 1.165) is 0 Å². The van der Waals surface area contributed by atoms with Gasteiger partial charge in [0, 0.05) is 0 Å². The predicted octanol–water partition coefficient (Wildman–Crippen LogP) is -1.48. The molecule has 0 saturated heterocycles. The molecular formula is C14H26N4O5S. The lowest BCUT2D eigenvalue weighted by Crippen LogP contribution is -2.55. The lowest BCUT2D eigenvalue weighted by atomic mass is 10.0. The molecule has 0 aromatic carbocycles. The first kappa shape index (κ1) is 22.2. The first-order valence-corrected chi connectivity index (χ1v) is 8.90. The number of carboxylic acids is 1. The molecule has 138 valence electrons. The molecule has 9 nitrogen and oxygen atoms in total. The van der Waals surface area contributed by atoms with Crippen LogP contribution in [0.25, 0.3) is 0 Å². The minimum atomic E-state index is -1.12. The van der Waals surface area contributed by atoms with Crippen molar-refractivity contribution in [3.8, 4) is 0 Å². The number of hydrogen-bond donors (Lipinski definition) is 5. The van der Waals surface area contributed by atoms with E-state index in [1.54, 1.807) is 13.8 Å². The van der Waals surface area contributed by atoms with Gasteiger partial charge >= 0.3 is 5.97 Å². The maximum Gasteiger partial charge on any atom is 0.326 e. The lowest BCUT2D eigenvalue weighted by Gasteiger charge is -2.24. The molecular weight excluding hydrogens is 336 g/mol. The summed E-state index contributed by atoms with van der Waals surface area (Å²) in [5, 5.41) is 16.4. The van der Waals surface area contributed by atoms with Crippen LogP contribution in [0.2, 0.25) is 0 Å². The van der Waals surface area contributed by atoms with Gasteiger partial charge in [-0.1, -0.05) is 13.8 Å². The van der Waals surface area contributed by atoms with Crippen molar-refractivity contribution in [2.75, 3.05) is 25.1 Å². The number of rotatable bonds is 11. The van der Waals surface area contributed by atoms with Crippen LogP contribution < -0.4 is 21.7 Å². The highest BCUT2D eigenvalue weighted by Crippen LogP contribution is 2.05. The molecule has 0 aromatic heterocycles. The van der Waals surface area contributed by atoms with E-state index in [0.29, 0.717) is 5.75 Å². The van der Waals surface area contributed by atoms with Crippen LogP contribution >= 0.6 is 11.8 Å². The molecule has 0 bridgehead atoms. The third kappa shape index (κ3) is 8.73. The van der Waals surface area contributed by atoms with Crippen molar-refractivity contribution in [3.63, 3.8) is 0 Å². The zero-order chi connectivity index (χ0) is 18.7. The summed E-state index contributed by atoms with van der Waals surface area (Å²) >= 11 is 1.48. The first-order valence-electron chi connectivity index (χ1n) is 7.51. The van der Waals surface area contributed by atoms with Gasteiger partial charge in [0.05, 0.1) is 13.1 Å². The van der Waals surface area contributed by atoms with E-state index in [-0.39, 0.29) is 25.4 Å². The monoisotopic (exact) mass is 362 g/mol. The minimum Gasteiger partial charge on any atom is -0.480 e. The summed E-state index contributed by atoms with van der Waals surface area (Å²) in [6.07, 6.45) is 2.13. The average molecular weight is 362 g/mol. The van der Waals surface area contributed by atoms with Gasteiger partial charge in [0.25, 0.3) is 0 Å². The van der Waals surface area contributed by atoms with Gasteiger partial charge in [0.1, 0.15) is 12.1 Å². The largest absolute Gasteiger partial charge is 0.480 e. The van der Waals surface area contributed by atoms with Crippen LogP contribution in [-0.2, 0) is 19.2 Å². The van der Waals surface area contributed by atoms with Gasteiger partial charge in [-0.05, 0) is 24.3 Å². The third-order valence-corrected chi connectivity index (χ3v) is 3.77. The van der Waals surface area contributed by atoms with Crippen LogP contribution in [0.4, 0.5) is 0 Å². The van der Waals surface area contributed by atoms with E-state index in [1.165, 1.54) is 11.8 Å². The van der Waals surface area contributed by atoms with Crippen LogP contribution in [0, 0.1) is 5.92 Å². The van der Waals surface area contributed by atoms with Crippen molar-refractivity contribution in [1.29, 1.82) is 0 Å². The van der Waals surface area contributed by atoms with Gasteiger partial charge in [-0.3, -0.25) is 14.4 Å². The van der Waals surface area contributed by atoms with Crippen molar-refractivity contribution in [2.24, 2.45) is 11.7 Å². The number of nitrogens with two attached hydrogens (primary N) is 1. The minimum absolute atomic E-state index is 0.239. The van der Waals surface area contributed by atoms with Crippen molar-refractivity contribution < 1.29 is 24.3 Å². The van der Waals surface area contributed by atoms with Gasteiger partial charge in [-0.2, -0.15) is 11.8 Å². The highest BCUT2D eigenvalue weighted by Gasteiger charge is 2.28. The summed E-state index contributed by atoms with van der Waals surface area (Å²) in [5.74, 6) is -2.41. The maximum atomic E-state index is 12.3. The van der Waals surface area contributed by atoms with Crippen molar-refractivity contribution in [2.45, 2.75) is 32.4 Å². The summed E-state index contributed by atoms with van der Waals surface area (Å²) < 4.78 is 0. The Hall–Kier alpha value is -1.81. The molecule has 2 atom stereocenters. The van der Waals surface area contributed by atoms with Gasteiger partial charge in [0.15, 0.2) is 0 Å². The fourth-order valence-electron chi connectivity index (χ4n) is 1.77. The fourth-order valence-corrected chi connectivity index (χ4v) is 2.24. The number of carbonyl (C=O) groups is 4. The van der Waals surface area contributed by atoms with Crippen molar-refractivity contribution in [3.05, 3.63) is 0 Å². The molecule has 0 aliphatic heterocycles. The molecule has 0 aliphatic carbocycles. The van der Waals surface area contributed by atoms with Crippen molar-refractivity contribution >= 4 is 35.5 Å². The Morgan fingerprint density at radius 1 is 1.12 bits per heavy atom. The molecule has 0 rings (SSSR count). The predicted molar refractivity (Wildman–Crippen MR) is 91.4 cm³/mol. The van der Waals surface area contributed by atoms with E-state index in [2.05, 4.69) is 16.0 Å². The van der Waals surface area contributed by atoms with Crippen LogP contribution in [0.5, 0.6) is 0 Å². The zero-order valence-corrected chi connectivity index (χ0v) is 14.9. The maximum absolute atomic E-state index is 12.3. The van der Waals surface area contributed by atoms with E-state index >= 15 is 0 Å². The molecule has 10 heteroatoms. The molecule has 6 N–H and O–H groups in total. The van der Waals surface area contributed by atoms with E-state index in [4.69, 9.17) is 10.8 Å². The number of amides is 3. The second kappa shape index (κ2) is 11.7. The average Bonchev–Trinajstić information content (AvgIpc) is 2.53. The Bertz CT molecular complexity index is 458. The van der Waals surface area contributed by atoms with Crippen LogP contribution in [-0.4, -0.2) is 66.0 Å². The van der Waals surface area contributed by atoms with Gasteiger partial charge in [0.2, 0.25) is 17.7 Å². The summed E-state index contributed by atoms with van der Waals surface area (Å²) in [7, 11) is 0. The molecule has 2 unspecified atom stereocenters. The number of hydrogen-bond acceptors (Lipinski definition) is 6. The van der Waals surface area contributed by atoms with E-state index in [9.17, 15) is 19.2 Å². The molecule has 0 radical (unpaired) electrons. The third-order valence-electron chi connectivity index (χ3n) is 3.12. The molecule has 0 aromatic rings. The highest BCUT2D eigenvalue weighted by atomic mass is 32.2. The summed E-state index contributed by atoms with van der Waals surface area (Å²) in [6.45, 7) is 2.90. The topological polar surface area (TPSA) is 151 Å². The SMILES string of the molecule is CSCCC(NC(=O)C(NC(=O)CNC(=O)CN)C(C)C)C(=O)O. The fraction of sp³-hybridized carbons (Fsp3) is 0.714. The number of carbonyl (C=O) groups excluding carboxylic acids is 3. The van der Waals surface area contributed by atoms with Crippen LogP contribution in [0.1, 0.15) is 20.3 Å². The summed E-state index contributed by atoms with van der Waals surface area (Å²) in [5.41, 5.74) is 5.11. The van der Waals surface area contributed by atoms with Gasteiger partial charge < -0.3 is 26.8 Å². The Labute approximate surface area is 145 Å². The number of aliphatic carboxylic acids is 1. The summed E-state index contributed by atoms with van der Waals surface area (Å²) in [6, 6.07) is -1.91. The molecule has 3 amide bonds. The molecule has 0 aliphatic rings. The number of thioether (sulfide) groups is 1. The normalized spacial score (nSPS) is 13.0. The van der Waals surface area contributed by atoms with E-state index < -0.39 is 35.8 Å². The number of carboxylic acid groups (broad SMARTS) is 1. The number of nitrogens with one attached hydrogen (secondary N) is 3. The lowest BCUT2D eigenvalue weighted by molar-refractivity contribution is -0.142. The highest BCUT2D eigenvalue weighted by molar-refractivity contribution is 7.98. The summed E-state index contributed by atoms with van der Waals surface area (Å²) in [4.78, 5) is 46.3. The Balaban J connectivity index is 4.72. The standard InChI is InChI=1S/C14H26N4O5S/c1-8(2)12(18-11(20)7-16-10(19)6-15)13(21)17-9(14(22)23)4-5-24-3/h8-9,12H,4-7,15H2,1-3H3,(H,16,19)(H,17,21)(H,18,20)(H,22,23). The zero-order valence-electron chi connectivity index (χ0n) is 14.1. The van der Waals surface area contributed by atoms with Crippen LogP contribution in [0.3, 0.4) is 0 Å². The van der Waals surface area contributed by atoms with E-state index in [1.807, 2.05) is 6.26 Å². The Morgan fingerprint density at radius 3 is 2.21 bits per heavy atom. The molecule has 0 spiro atoms. The quantitative estimate of drug-likeness (QED) is 0.301.